The smallest absolute Gasteiger partial charge is 0.237 e. The molecule has 0 aliphatic heterocycles. The molecule has 0 aliphatic carbocycles. The molecule has 0 bridgehead atoms. The van der Waals surface area contributed by atoms with E-state index in [1.807, 2.05) is 24.3 Å². The van der Waals surface area contributed by atoms with Crippen LogP contribution >= 0.6 is 15.9 Å². The van der Waals surface area contributed by atoms with Crippen LogP contribution in [0.15, 0.2) is 28.7 Å². The van der Waals surface area contributed by atoms with Crippen molar-refractivity contribution in [1.82, 2.24) is 4.90 Å². The Morgan fingerprint density at radius 3 is 2.29 bits per heavy atom. The first kappa shape index (κ1) is 14.2. The quantitative estimate of drug-likeness (QED) is 0.844. The predicted molar refractivity (Wildman–Crippen MR) is 70.3 cm³/mol. The van der Waals surface area contributed by atoms with Crippen LogP contribution in [0, 0.1) is 0 Å². The Kier molecular flexibility index (Phi) is 4.70. The first-order valence-electron chi connectivity index (χ1n) is 4.94. The number of amides is 1. The van der Waals surface area contributed by atoms with E-state index in [0.717, 1.165) is 16.3 Å². The molecule has 94 valence electrons. The molecule has 17 heavy (non-hydrogen) atoms. The average molecular weight is 320 g/mol. The van der Waals surface area contributed by atoms with Crippen molar-refractivity contribution in [1.29, 1.82) is 0 Å². The summed E-state index contributed by atoms with van der Waals surface area (Å²) in [6.45, 7) is 0.404. The van der Waals surface area contributed by atoms with Crippen molar-refractivity contribution < 1.29 is 13.2 Å². The summed E-state index contributed by atoms with van der Waals surface area (Å²) in [5.74, 6) is -0.838. The Labute approximate surface area is 110 Å². The van der Waals surface area contributed by atoms with Gasteiger partial charge in [0.05, 0.1) is 0 Å². The van der Waals surface area contributed by atoms with Crippen LogP contribution in [0.1, 0.15) is 5.56 Å². The van der Waals surface area contributed by atoms with E-state index in [1.165, 1.54) is 4.90 Å². The fraction of sp³-hybridized carbons (Fsp3) is 0.364. The Bertz CT molecular complexity index is 496. The standard InChI is InChI=1S/C11H14BrNO3S/c1-13(11(14)8-17(2,15)16)7-9-3-5-10(12)6-4-9/h3-6H,7-8H2,1-2H3. The number of hydrogen-bond donors (Lipinski definition) is 0. The molecule has 0 radical (unpaired) electrons. The van der Waals surface area contributed by atoms with Crippen LogP contribution in [-0.2, 0) is 21.2 Å². The minimum absolute atomic E-state index is 0.393. The number of hydrogen-bond acceptors (Lipinski definition) is 3. The molecule has 1 aromatic carbocycles. The van der Waals surface area contributed by atoms with Crippen LogP contribution in [-0.4, -0.2) is 38.3 Å². The molecule has 0 saturated heterocycles. The summed E-state index contributed by atoms with van der Waals surface area (Å²) >= 11 is 3.32. The van der Waals surface area contributed by atoms with Crippen LogP contribution in [0.25, 0.3) is 0 Å². The summed E-state index contributed by atoms with van der Waals surface area (Å²) in [6, 6.07) is 7.52. The van der Waals surface area contributed by atoms with Crippen LogP contribution in [0.3, 0.4) is 0 Å². The second-order valence-electron chi connectivity index (χ2n) is 3.95. The van der Waals surface area contributed by atoms with Gasteiger partial charge in [0.25, 0.3) is 0 Å². The van der Waals surface area contributed by atoms with Gasteiger partial charge in [0.2, 0.25) is 5.91 Å². The maximum absolute atomic E-state index is 11.6. The average Bonchev–Trinajstić information content (AvgIpc) is 2.19. The minimum atomic E-state index is -3.27. The summed E-state index contributed by atoms with van der Waals surface area (Å²) in [5.41, 5.74) is 0.956. The molecule has 1 aromatic rings. The highest BCUT2D eigenvalue weighted by Gasteiger charge is 2.15. The van der Waals surface area contributed by atoms with E-state index >= 15 is 0 Å². The van der Waals surface area contributed by atoms with Gasteiger partial charge in [-0.3, -0.25) is 4.79 Å². The summed E-state index contributed by atoms with van der Waals surface area (Å²) in [4.78, 5) is 13.0. The highest BCUT2D eigenvalue weighted by molar-refractivity contribution is 9.10. The number of nitrogens with zero attached hydrogens (tertiary/aromatic N) is 1. The second-order valence-corrected chi connectivity index (χ2v) is 7.00. The monoisotopic (exact) mass is 319 g/mol. The molecule has 0 spiro atoms. The van der Waals surface area contributed by atoms with Crippen LogP contribution in [0.4, 0.5) is 0 Å². The van der Waals surface area contributed by atoms with E-state index < -0.39 is 21.5 Å². The Hall–Kier alpha value is -0.880. The molecule has 0 heterocycles. The third-order valence-corrected chi connectivity index (χ3v) is 3.44. The van der Waals surface area contributed by atoms with E-state index in [1.54, 1.807) is 7.05 Å². The van der Waals surface area contributed by atoms with Crippen molar-refractivity contribution in [3.05, 3.63) is 34.3 Å². The highest BCUT2D eigenvalue weighted by atomic mass is 79.9. The summed E-state index contributed by atoms with van der Waals surface area (Å²) in [5, 5.41) is 0. The van der Waals surface area contributed by atoms with Gasteiger partial charge in [-0.25, -0.2) is 8.42 Å². The van der Waals surface area contributed by atoms with Crippen molar-refractivity contribution in [3.63, 3.8) is 0 Å². The van der Waals surface area contributed by atoms with Gasteiger partial charge in [-0.2, -0.15) is 0 Å². The predicted octanol–water partition coefficient (Wildman–Crippen LogP) is 1.45. The van der Waals surface area contributed by atoms with Gasteiger partial charge in [-0.1, -0.05) is 28.1 Å². The van der Waals surface area contributed by atoms with Crippen LogP contribution in [0.2, 0.25) is 0 Å². The van der Waals surface area contributed by atoms with Crippen LogP contribution in [0.5, 0.6) is 0 Å². The molecule has 0 aliphatic rings. The molecule has 1 rings (SSSR count). The third-order valence-electron chi connectivity index (χ3n) is 2.14. The van der Waals surface area contributed by atoms with Crippen molar-refractivity contribution in [2.24, 2.45) is 0 Å². The molecule has 4 nitrogen and oxygen atoms in total. The highest BCUT2D eigenvalue weighted by Crippen LogP contribution is 2.11. The Balaban J connectivity index is 2.63. The first-order valence-corrected chi connectivity index (χ1v) is 7.79. The number of rotatable bonds is 4. The minimum Gasteiger partial charge on any atom is -0.341 e. The summed E-state index contributed by atoms with van der Waals surface area (Å²) < 4.78 is 22.9. The summed E-state index contributed by atoms with van der Waals surface area (Å²) in [6.07, 6.45) is 1.05. The molecule has 0 N–H and O–H groups in total. The maximum atomic E-state index is 11.6. The molecular weight excluding hydrogens is 306 g/mol. The van der Waals surface area contributed by atoms with E-state index in [4.69, 9.17) is 0 Å². The summed E-state index contributed by atoms with van der Waals surface area (Å²) in [7, 11) is -1.67. The molecule has 0 aromatic heterocycles. The second kappa shape index (κ2) is 5.64. The zero-order chi connectivity index (χ0) is 13.1. The van der Waals surface area contributed by atoms with Crippen molar-refractivity contribution in [2.75, 3.05) is 19.1 Å². The first-order chi connectivity index (χ1) is 7.78. The van der Waals surface area contributed by atoms with Gasteiger partial charge >= 0.3 is 0 Å². The fourth-order valence-electron chi connectivity index (χ4n) is 1.29. The lowest BCUT2D eigenvalue weighted by Gasteiger charge is -2.16. The number of sulfone groups is 1. The molecule has 1 amide bonds. The normalized spacial score (nSPS) is 11.2. The third kappa shape index (κ3) is 5.32. The van der Waals surface area contributed by atoms with Gasteiger partial charge < -0.3 is 4.90 Å². The molecule has 0 fully saturated rings. The Morgan fingerprint density at radius 2 is 1.82 bits per heavy atom. The topological polar surface area (TPSA) is 54.5 Å². The van der Waals surface area contributed by atoms with E-state index in [-0.39, 0.29) is 0 Å². The van der Waals surface area contributed by atoms with Crippen molar-refractivity contribution >= 4 is 31.7 Å². The lowest BCUT2D eigenvalue weighted by Crippen LogP contribution is -2.31. The number of benzene rings is 1. The van der Waals surface area contributed by atoms with E-state index in [0.29, 0.717) is 6.54 Å². The molecule has 0 unspecified atom stereocenters. The van der Waals surface area contributed by atoms with Gasteiger partial charge in [0.1, 0.15) is 5.75 Å². The van der Waals surface area contributed by atoms with Crippen molar-refractivity contribution in [3.8, 4) is 0 Å². The largest absolute Gasteiger partial charge is 0.341 e. The SMILES string of the molecule is CN(Cc1ccc(Br)cc1)C(=O)CS(C)(=O)=O. The maximum Gasteiger partial charge on any atom is 0.237 e. The molecule has 6 heteroatoms. The molecular formula is C11H14BrNO3S. The van der Waals surface area contributed by atoms with Crippen molar-refractivity contribution in [2.45, 2.75) is 6.54 Å². The number of halogens is 1. The zero-order valence-corrected chi connectivity index (χ0v) is 12.1. The van der Waals surface area contributed by atoms with Gasteiger partial charge in [-0.05, 0) is 17.7 Å². The van der Waals surface area contributed by atoms with Gasteiger partial charge in [0.15, 0.2) is 9.84 Å². The Morgan fingerprint density at radius 1 is 1.29 bits per heavy atom. The van der Waals surface area contributed by atoms with Gasteiger partial charge in [0, 0.05) is 24.3 Å². The zero-order valence-electron chi connectivity index (χ0n) is 9.68. The lowest BCUT2D eigenvalue weighted by atomic mass is 10.2. The fourth-order valence-corrected chi connectivity index (χ4v) is 2.22. The lowest BCUT2D eigenvalue weighted by molar-refractivity contribution is -0.127. The van der Waals surface area contributed by atoms with Crippen LogP contribution < -0.4 is 0 Å². The van der Waals surface area contributed by atoms with E-state index in [9.17, 15) is 13.2 Å². The van der Waals surface area contributed by atoms with Gasteiger partial charge in [-0.15, -0.1) is 0 Å². The molecule has 0 atom stereocenters. The molecule has 0 saturated carbocycles. The number of carbonyl (C=O) groups excluding carboxylic acids is 1. The van der Waals surface area contributed by atoms with E-state index in [2.05, 4.69) is 15.9 Å². The number of carbonyl (C=O) groups is 1.